The van der Waals surface area contributed by atoms with E-state index in [4.69, 9.17) is 10.2 Å². The van der Waals surface area contributed by atoms with E-state index in [2.05, 4.69) is 9.88 Å². The topological polar surface area (TPSA) is 55.3 Å². The van der Waals surface area contributed by atoms with Crippen molar-refractivity contribution in [3.8, 4) is 0 Å². The van der Waals surface area contributed by atoms with Crippen molar-refractivity contribution in [2.45, 2.75) is 18.9 Å². The summed E-state index contributed by atoms with van der Waals surface area (Å²) in [5.41, 5.74) is 7.70. The van der Waals surface area contributed by atoms with Crippen LogP contribution in [0.1, 0.15) is 12.8 Å². The van der Waals surface area contributed by atoms with Crippen molar-refractivity contribution in [3.63, 3.8) is 0 Å². The second-order valence-electron chi connectivity index (χ2n) is 4.31. The average molecular weight is 254 g/mol. The number of piperidine rings is 1. The van der Waals surface area contributed by atoms with Crippen LogP contribution in [0, 0.1) is 0 Å². The van der Waals surface area contributed by atoms with E-state index in [0.29, 0.717) is 6.01 Å². The lowest BCUT2D eigenvalue weighted by atomic mass is 10.1. The first kappa shape index (κ1) is 12.2. The molecule has 2 aromatic rings. The number of halogens is 1. The molecule has 2 N–H and O–H groups in total. The van der Waals surface area contributed by atoms with Crippen molar-refractivity contribution in [2.24, 2.45) is 5.73 Å². The van der Waals surface area contributed by atoms with Crippen molar-refractivity contribution < 1.29 is 4.42 Å². The summed E-state index contributed by atoms with van der Waals surface area (Å²) in [6, 6.07) is 8.78. The first-order valence-corrected chi connectivity index (χ1v) is 5.69. The zero-order valence-electron chi connectivity index (χ0n) is 9.50. The number of nitrogens with zero attached hydrogens (tertiary/aromatic N) is 2. The van der Waals surface area contributed by atoms with Crippen LogP contribution in [-0.4, -0.2) is 24.1 Å². The minimum Gasteiger partial charge on any atom is -0.423 e. The molecule has 3 rings (SSSR count). The predicted molar refractivity (Wildman–Crippen MR) is 70.7 cm³/mol. The molecule has 1 aliphatic heterocycles. The van der Waals surface area contributed by atoms with Crippen LogP contribution in [0.5, 0.6) is 0 Å². The van der Waals surface area contributed by atoms with E-state index in [-0.39, 0.29) is 18.4 Å². The van der Waals surface area contributed by atoms with Gasteiger partial charge in [0.1, 0.15) is 5.52 Å². The average Bonchev–Trinajstić information content (AvgIpc) is 2.72. The monoisotopic (exact) mass is 253 g/mol. The van der Waals surface area contributed by atoms with Crippen LogP contribution >= 0.6 is 12.4 Å². The molecule has 0 amide bonds. The van der Waals surface area contributed by atoms with Gasteiger partial charge in [-0.2, -0.15) is 4.98 Å². The van der Waals surface area contributed by atoms with Gasteiger partial charge in [0.2, 0.25) is 0 Å². The molecule has 0 bridgehead atoms. The molecule has 0 spiro atoms. The van der Waals surface area contributed by atoms with Crippen LogP contribution in [-0.2, 0) is 0 Å². The Bertz CT molecular complexity index is 466. The minimum absolute atomic E-state index is 0. The number of anilines is 1. The molecule has 1 aliphatic rings. The quantitative estimate of drug-likeness (QED) is 0.846. The number of oxazole rings is 1. The molecule has 1 unspecified atom stereocenters. The van der Waals surface area contributed by atoms with Crippen molar-refractivity contribution in [2.75, 3.05) is 18.0 Å². The normalized spacial score (nSPS) is 20.3. The summed E-state index contributed by atoms with van der Waals surface area (Å²) in [5.74, 6) is 0. The van der Waals surface area contributed by atoms with Crippen LogP contribution < -0.4 is 10.6 Å². The Morgan fingerprint density at radius 2 is 2.18 bits per heavy atom. The number of nitrogens with two attached hydrogens (primary N) is 1. The zero-order chi connectivity index (χ0) is 11.0. The second-order valence-corrected chi connectivity index (χ2v) is 4.31. The highest BCUT2D eigenvalue weighted by atomic mass is 35.5. The maximum Gasteiger partial charge on any atom is 0.298 e. The highest BCUT2D eigenvalue weighted by Crippen LogP contribution is 2.23. The maximum atomic E-state index is 5.95. The van der Waals surface area contributed by atoms with Gasteiger partial charge in [-0.1, -0.05) is 12.1 Å². The molecule has 0 saturated carbocycles. The highest BCUT2D eigenvalue weighted by Gasteiger charge is 2.20. The van der Waals surface area contributed by atoms with Crippen LogP contribution in [0.2, 0.25) is 0 Å². The minimum atomic E-state index is 0. The van der Waals surface area contributed by atoms with E-state index in [9.17, 15) is 0 Å². The van der Waals surface area contributed by atoms with Crippen molar-refractivity contribution >= 4 is 29.5 Å². The Morgan fingerprint density at radius 3 is 2.94 bits per heavy atom. The van der Waals surface area contributed by atoms with Gasteiger partial charge in [-0.05, 0) is 25.0 Å². The van der Waals surface area contributed by atoms with Crippen LogP contribution in [0.4, 0.5) is 6.01 Å². The summed E-state index contributed by atoms with van der Waals surface area (Å²) in [5, 5.41) is 0. The third-order valence-electron chi connectivity index (χ3n) is 3.01. The molecule has 0 aliphatic carbocycles. The van der Waals surface area contributed by atoms with Gasteiger partial charge in [-0.15, -0.1) is 12.4 Å². The Morgan fingerprint density at radius 1 is 1.35 bits per heavy atom. The summed E-state index contributed by atoms with van der Waals surface area (Å²) in [6.07, 6.45) is 2.20. The summed E-state index contributed by atoms with van der Waals surface area (Å²) in [4.78, 5) is 6.61. The zero-order valence-corrected chi connectivity index (χ0v) is 10.3. The van der Waals surface area contributed by atoms with E-state index < -0.39 is 0 Å². The first-order chi connectivity index (χ1) is 7.83. The molecule has 1 atom stereocenters. The third kappa shape index (κ3) is 2.37. The molecule has 1 aromatic heterocycles. The fourth-order valence-electron chi connectivity index (χ4n) is 2.18. The number of fused-ring (bicyclic) bond motifs is 1. The smallest absolute Gasteiger partial charge is 0.298 e. The predicted octanol–water partition coefficient (Wildman–Crippen LogP) is 2.18. The van der Waals surface area contributed by atoms with Gasteiger partial charge in [0.15, 0.2) is 5.58 Å². The van der Waals surface area contributed by atoms with Crippen LogP contribution in [0.3, 0.4) is 0 Å². The number of para-hydroxylation sites is 2. The van der Waals surface area contributed by atoms with Gasteiger partial charge >= 0.3 is 0 Å². The second kappa shape index (κ2) is 4.94. The number of rotatable bonds is 1. The Balaban J connectivity index is 0.00000108. The summed E-state index contributed by atoms with van der Waals surface area (Å²) in [6.45, 7) is 1.83. The maximum absolute atomic E-state index is 5.95. The summed E-state index contributed by atoms with van der Waals surface area (Å²) < 4.78 is 5.72. The molecule has 92 valence electrons. The van der Waals surface area contributed by atoms with Crippen LogP contribution in [0.25, 0.3) is 11.1 Å². The van der Waals surface area contributed by atoms with E-state index in [1.807, 2.05) is 24.3 Å². The number of hydrogen-bond acceptors (Lipinski definition) is 4. The van der Waals surface area contributed by atoms with Crippen LogP contribution in [0.15, 0.2) is 28.7 Å². The lowest BCUT2D eigenvalue weighted by Crippen LogP contribution is -2.42. The van der Waals surface area contributed by atoms with E-state index in [1.54, 1.807) is 0 Å². The molecule has 2 heterocycles. The fourth-order valence-corrected chi connectivity index (χ4v) is 2.18. The van der Waals surface area contributed by atoms with Crippen molar-refractivity contribution in [1.29, 1.82) is 0 Å². The Labute approximate surface area is 106 Å². The molecule has 4 nitrogen and oxygen atoms in total. The van der Waals surface area contributed by atoms with E-state index in [1.165, 1.54) is 0 Å². The number of benzene rings is 1. The van der Waals surface area contributed by atoms with Gasteiger partial charge in [0.25, 0.3) is 6.01 Å². The SMILES string of the molecule is Cl.NC1CCCN(c2nc3ccccc3o2)C1. The first-order valence-electron chi connectivity index (χ1n) is 5.69. The molecule has 17 heavy (non-hydrogen) atoms. The number of aromatic nitrogens is 1. The van der Waals surface area contributed by atoms with E-state index in [0.717, 1.165) is 37.0 Å². The van der Waals surface area contributed by atoms with Crippen molar-refractivity contribution in [1.82, 2.24) is 4.98 Å². The molecular formula is C12H16ClN3O. The number of hydrogen-bond donors (Lipinski definition) is 1. The van der Waals surface area contributed by atoms with Gasteiger partial charge in [-0.3, -0.25) is 0 Å². The fraction of sp³-hybridized carbons (Fsp3) is 0.417. The largest absolute Gasteiger partial charge is 0.423 e. The van der Waals surface area contributed by atoms with Crippen molar-refractivity contribution in [3.05, 3.63) is 24.3 Å². The van der Waals surface area contributed by atoms with E-state index >= 15 is 0 Å². The molecular weight excluding hydrogens is 238 g/mol. The lowest BCUT2D eigenvalue weighted by Gasteiger charge is -2.29. The molecule has 1 saturated heterocycles. The van der Waals surface area contributed by atoms with Gasteiger partial charge in [-0.25, -0.2) is 0 Å². The summed E-state index contributed by atoms with van der Waals surface area (Å²) >= 11 is 0. The molecule has 1 fully saturated rings. The molecule has 5 heteroatoms. The van der Waals surface area contributed by atoms with Gasteiger partial charge in [0, 0.05) is 19.1 Å². The summed E-state index contributed by atoms with van der Waals surface area (Å²) in [7, 11) is 0. The highest BCUT2D eigenvalue weighted by molar-refractivity contribution is 5.85. The Hall–Kier alpha value is -1.26. The van der Waals surface area contributed by atoms with Gasteiger partial charge < -0.3 is 15.1 Å². The molecule has 0 radical (unpaired) electrons. The lowest BCUT2D eigenvalue weighted by molar-refractivity contribution is 0.467. The Kier molecular flexibility index (Phi) is 3.54. The van der Waals surface area contributed by atoms with Gasteiger partial charge in [0.05, 0.1) is 0 Å². The molecule has 1 aromatic carbocycles. The standard InChI is InChI=1S/C12H15N3O.ClH/c13-9-4-3-7-15(8-9)12-14-10-5-1-2-6-11(10)16-12;/h1-2,5-6,9H,3-4,7-8,13H2;1H. The third-order valence-corrected chi connectivity index (χ3v) is 3.01.